The Bertz CT molecular complexity index is 602. The lowest BCUT2D eigenvalue weighted by molar-refractivity contribution is 0.634. The highest BCUT2D eigenvalue weighted by Crippen LogP contribution is 2.32. The number of alkyl halides is 1. The van der Waals surface area contributed by atoms with Crippen molar-refractivity contribution in [1.82, 2.24) is 0 Å². The summed E-state index contributed by atoms with van der Waals surface area (Å²) >= 11 is 3.35. The summed E-state index contributed by atoms with van der Waals surface area (Å²) in [4.78, 5) is 0. The van der Waals surface area contributed by atoms with Crippen molar-refractivity contribution < 1.29 is 0 Å². The van der Waals surface area contributed by atoms with Crippen LogP contribution in [-0.4, -0.2) is 5.33 Å². The molecule has 0 bridgehead atoms. The highest BCUT2D eigenvalue weighted by molar-refractivity contribution is 9.09. The standard InChI is InChI=1S/C18H15P.C5H11Br/c1-4-10-16(11-5-1)19(17-12-6-2-7-13-17)18-14-8-3-9-15-18;1-5(2)3-4-6/h1-15H;5H,3-4H2,1-2H3. The van der Waals surface area contributed by atoms with Crippen LogP contribution in [0.15, 0.2) is 91.0 Å². The summed E-state index contributed by atoms with van der Waals surface area (Å²) in [6.07, 6.45) is 1.29. The third kappa shape index (κ3) is 6.77. The van der Waals surface area contributed by atoms with Crippen molar-refractivity contribution in [2.24, 2.45) is 5.92 Å². The van der Waals surface area contributed by atoms with Crippen LogP contribution in [0.2, 0.25) is 0 Å². The van der Waals surface area contributed by atoms with Gasteiger partial charge in [-0.2, -0.15) is 0 Å². The highest BCUT2D eigenvalue weighted by Gasteiger charge is 2.14. The zero-order chi connectivity index (χ0) is 17.9. The minimum absolute atomic E-state index is 0.446. The average Bonchev–Trinajstić information content (AvgIpc) is 2.65. The van der Waals surface area contributed by atoms with E-state index in [1.807, 2.05) is 0 Å². The Morgan fingerprint density at radius 2 is 0.960 bits per heavy atom. The van der Waals surface area contributed by atoms with E-state index >= 15 is 0 Å². The largest absolute Gasteiger partial charge is 0.0928 e. The van der Waals surface area contributed by atoms with Gasteiger partial charge in [-0.1, -0.05) is 121 Å². The minimum atomic E-state index is -0.446. The van der Waals surface area contributed by atoms with Crippen molar-refractivity contribution in [2.45, 2.75) is 20.3 Å². The second-order valence-electron chi connectivity index (χ2n) is 6.21. The fourth-order valence-corrected chi connectivity index (χ4v) is 5.62. The van der Waals surface area contributed by atoms with E-state index in [4.69, 9.17) is 0 Å². The van der Waals surface area contributed by atoms with Crippen LogP contribution in [0.3, 0.4) is 0 Å². The average molecular weight is 413 g/mol. The summed E-state index contributed by atoms with van der Waals surface area (Å²) in [6, 6.07) is 32.3. The van der Waals surface area contributed by atoms with Gasteiger partial charge in [0, 0.05) is 5.33 Å². The van der Waals surface area contributed by atoms with E-state index in [2.05, 4.69) is 121 Å². The molecule has 0 nitrogen and oxygen atoms in total. The molecule has 0 heterocycles. The molecule has 130 valence electrons. The number of rotatable bonds is 5. The summed E-state index contributed by atoms with van der Waals surface area (Å²) in [5, 5.41) is 5.34. The Balaban J connectivity index is 0.000000326. The molecule has 0 unspecified atom stereocenters. The Labute approximate surface area is 162 Å². The predicted octanol–water partition coefficient (Wildman–Crippen LogP) is 5.87. The molecule has 0 aliphatic rings. The first-order valence-corrected chi connectivity index (χ1v) is 11.2. The molecular formula is C23H26BrP. The molecule has 0 fully saturated rings. The molecule has 3 rings (SSSR count). The molecule has 25 heavy (non-hydrogen) atoms. The van der Waals surface area contributed by atoms with Gasteiger partial charge in [-0.3, -0.25) is 0 Å². The molecule has 0 aromatic heterocycles. The maximum atomic E-state index is 3.35. The Kier molecular flexibility index (Phi) is 8.94. The van der Waals surface area contributed by atoms with Gasteiger partial charge in [0.25, 0.3) is 0 Å². The van der Waals surface area contributed by atoms with Crippen molar-refractivity contribution >= 4 is 39.8 Å². The van der Waals surface area contributed by atoms with E-state index in [1.54, 1.807) is 0 Å². The van der Waals surface area contributed by atoms with E-state index < -0.39 is 7.92 Å². The Morgan fingerprint density at radius 1 is 0.640 bits per heavy atom. The Morgan fingerprint density at radius 3 is 1.16 bits per heavy atom. The molecule has 0 radical (unpaired) electrons. The van der Waals surface area contributed by atoms with Crippen LogP contribution in [0, 0.1) is 5.92 Å². The molecule has 0 aliphatic carbocycles. The first kappa shape index (κ1) is 19.9. The van der Waals surface area contributed by atoms with Gasteiger partial charge in [0.1, 0.15) is 0 Å². The second kappa shape index (κ2) is 11.2. The monoisotopic (exact) mass is 412 g/mol. The molecule has 2 heteroatoms. The quantitative estimate of drug-likeness (QED) is 0.362. The van der Waals surface area contributed by atoms with Crippen LogP contribution in [-0.2, 0) is 0 Å². The molecule has 3 aromatic carbocycles. The van der Waals surface area contributed by atoms with Crippen molar-refractivity contribution in [2.75, 3.05) is 5.33 Å². The van der Waals surface area contributed by atoms with E-state index in [9.17, 15) is 0 Å². The van der Waals surface area contributed by atoms with Crippen molar-refractivity contribution in [3.63, 3.8) is 0 Å². The van der Waals surface area contributed by atoms with Crippen LogP contribution in [0.25, 0.3) is 0 Å². The topological polar surface area (TPSA) is 0 Å². The normalized spacial score (nSPS) is 10.4. The molecule has 0 amide bonds. The van der Waals surface area contributed by atoms with Crippen LogP contribution in [0.5, 0.6) is 0 Å². The van der Waals surface area contributed by atoms with Crippen LogP contribution in [0.1, 0.15) is 20.3 Å². The van der Waals surface area contributed by atoms with Crippen LogP contribution < -0.4 is 15.9 Å². The fourth-order valence-electron chi connectivity index (χ4n) is 2.40. The molecular weight excluding hydrogens is 387 g/mol. The van der Waals surface area contributed by atoms with E-state index in [0.717, 1.165) is 11.2 Å². The van der Waals surface area contributed by atoms with Gasteiger partial charge in [-0.25, -0.2) is 0 Å². The summed E-state index contributed by atoms with van der Waals surface area (Å²) in [6.45, 7) is 4.45. The Hall–Kier alpha value is -1.43. The molecule has 0 N–H and O–H groups in total. The third-order valence-electron chi connectivity index (χ3n) is 3.73. The molecule has 0 saturated heterocycles. The maximum Gasteiger partial charge on any atom is 0.00337 e. The van der Waals surface area contributed by atoms with Gasteiger partial charge < -0.3 is 0 Å². The lowest BCUT2D eigenvalue weighted by Crippen LogP contribution is -2.20. The zero-order valence-electron chi connectivity index (χ0n) is 15.0. The zero-order valence-corrected chi connectivity index (χ0v) is 17.5. The highest BCUT2D eigenvalue weighted by atomic mass is 79.9. The van der Waals surface area contributed by atoms with E-state index in [-0.39, 0.29) is 0 Å². The van der Waals surface area contributed by atoms with Crippen LogP contribution >= 0.6 is 23.9 Å². The number of hydrogen-bond donors (Lipinski definition) is 0. The van der Waals surface area contributed by atoms with Gasteiger partial charge in [-0.15, -0.1) is 0 Å². The van der Waals surface area contributed by atoms with Gasteiger partial charge >= 0.3 is 0 Å². The van der Waals surface area contributed by atoms with Crippen molar-refractivity contribution in [3.8, 4) is 0 Å². The second-order valence-corrected chi connectivity index (χ2v) is 9.23. The van der Waals surface area contributed by atoms with Gasteiger partial charge in [-0.05, 0) is 36.2 Å². The summed E-state index contributed by atoms with van der Waals surface area (Å²) in [5.74, 6) is 0.851. The summed E-state index contributed by atoms with van der Waals surface area (Å²) < 4.78 is 0. The van der Waals surface area contributed by atoms with Crippen LogP contribution in [0.4, 0.5) is 0 Å². The lowest BCUT2D eigenvalue weighted by Gasteiger charge is -2.18. The molecule has 0 atom stereocenters. The number of hydrogen-bond acceptors (Lipinski definition) is 0. The van der Waals surface area contributed by atoms with E-state index in [1.165, 1.54) is 22.3 Å². The maximum absolute atomic E-state index is 3.35. The van der Waals surface area contributed by atoms with Crippen molar-refractivity contribution in [1.29, 1.82) is 0 Å². The molecule has 0 saturated carbocycles. The van der Waals surface area contributed by atoms with Gasteiger partial charge in [0.05, 0.1) is 0 Å². The fraction of sp³-hybridized carbons (Fsp3) is 0.217. The number of benzene rings is 3. The predicted molar refractivity (Wildman–Crippen MR) is 118 cm³/mol. The molecule has 0 aliphatic heterocycles. The van der Waals surface area contributed by atoms with E-state index in [0.29, 0.717) is 0 Å². The molecule has 3 aromatic rings. The van der Waals surface area contributed by atoms with Gasteiger partial charge in [0.2, 0.25) is 0 Å². The third-order valence-corrected chi connectivity index (χ3v) is 6.63. The summed E-state index contributed by atoms with van der Waals surface area (Å²) in [7, 11) is -0.446. The first-order valence-electron chi connectivity index (χ1n) is 8.73. The van der Waals surface area contributed by atoms with Crippen molar-refractivity contribution in [3.05, 3.63) is 91.0 Å². The minimum Gasteiger partial charge on any atom is -0.0928 e. The first-order chi connectivity index (χ1) is 12.2. The number of halogens is 1. The lowest BCUT2D eigenvalue weighted by atomic mass is 10.2. The smallest absolute Gasteiger partial charge is 0.00337 e. The SMILES string of the molecule is CC(C)CCBr.c1ccc(P(c2ccccc2)c2ccccc2)cc1. The summed E-state index contributed by atoms with van der Waals surface area (Å²) in [5.41, 5.74) is 0. The van der Waals surface area contributed by atoms with Gasteiger partial charge in [0.15, 0.2) is 0 Å². The molecule has 0 spiro atoms.